The van der Waals surface area contributed by atoms with Crippen molar-refractivity contribution in [3.8, 4) is 0 Å². The molecular weight excluding hydrogens is 362 g/mol. The first kappa shape index (κ1) is 21.3. The maximum atomic E-state index is 11.6. The van der Waals surface area contributed by atoms with Gasteiger partial charge in [-0.1, -0.05) is 6.07 Å². The third-order valence-electron chi connectivity index (χ3n) is 3.38. The van der Waals surface area contributed by atoms with Crippen LogP contribution in [-0.4, -0.2) is 51.4 Å². The predicted molar refractivity (Wildman–Crippen MR) is 94.2 cm³/mol. The number of carbonyl (C=O) groups is 3. The van der Waals surface area contributed by atoms with E-state index >= 15 is 0 Å². The minimum atomic E-state index is -1.10. The van der Waals surface area contributed by atoms with Crippen molar-refractivity contribution in [3.63, 3.8) is 0 Å². The quantitative estimate of drug-likeness (QED) is 0.439. The number of aliphatic carboxylic acids is 1. The van der Waals surface area contributed by atoms with Gasteiger partial charge in [0.25, 0.3) is 5.69 Å². The van der Waals surface area contributed by atoms with Crippen molar-refractivity contribution in [1.82, 2.24) is 9.78 Å². The van der Waals surface area contributed by atoms with Crippen molar-refractivity contribution in [3.05, 3.63) is 28.3 Å². The molecular formula is C15H19N5O7. The number of methoxy groups -OCH3 is 1. The lowest BCUT2D eigenvalue weighted by atomic mass is 10.2. The normalized spacial score (nSPS) is 9.89. The summed E-state index contributed by atoms with van der Waals surface area (Å²) in [5, 5.41) is 24.2. The molecule has 0 fully saturated rings. The molecule has 27 heavy (non-hydrogen) atoms. The number of hydrogen-bond acceptors (Lipinski definition) is 7. The molecule has 12 nitrogen and oxygen atoms in total. The van der Waals surface area contributed by atoms with Crippen LogP contribution < -0.4 is 10.6 Å². The number of primary amides is 1. The monoisotopic (exact) mass is 381 g/mol. The second kappa shape index (κ2) is 9.12. The van der Waals surface area contributed by atoms with Crippen molar-refractivity contribution in [2.24, 2.45) is 12.8 Å². The van der Waals surface area contributed by atoms with Gasteiger partial charge in [-0.3, -0.25) is 29.3 Å². The van der Waals surface area contributed by atoms with Crippen LogP contribution in [0.4, 0.5) is 16.3 Å². The fourth-order valence-electron chi connectivity index (χ4n) is 2.17. The topological polar surface area (TPSA) is 171 Å². The number of nitrogens with zero attached hydrogens (tertiary/aromatic N) is 4. The van der Waals surface area contributed by atoms with Crippen LogP contribution >= 0.6 is 0 Å². The van der Waals surface area contributed by atoms with Crippen molar-refractivity contribution in [1.29, 1.82) is 0 Å². The lowest BCUT2D eigenvalue weighted by Gasteiger charge is -2.16. The summed E-state index contributed by atoms with van der Waals surface area (Å²) in [6, 6.07) is 3.45. The average molecular weight is 381 g/mol. The van der Waals surface area contributed by atoms with Crippen LogP contribution in [-0.2, 0) is 21.4 Å². The molecule has 146 valence electrons. The number of rotatable bonds is 5. The van der Waals surface area contributed by atoms with E-state index < -0.39 is 16.9 Å². The zero-order valence-electron chi connectivity index (χ0n) is 14.9. The molecule has 1 heterocycles. The minimum Gasteiger partial charge on any atom is -0.481 e. The summed E-state index contributed by atoms with van der Waals surface area (Å²) >= 11 is 0. The Morgan fingerprint density at radius 2 is 2.00 bits per heavy atom. The Bertz CT molecular complexity index is 877. The van der Waals surface area contributed by atoms with Crippen LogP contribution in [0.2, 0.25) is 0 Å². The third kappa shape index (κ3) is 5.39. The van der Waals surface area contributed by atoms with Crippen molar-refractivity contribution < 1.29 is 29.2 Å². The Balaban J connectivity index is 0.000000646. The fraction of sp³-hybridized carbons (Fsp3) is 0.333. The number of fused-ring (bicyclic) bond motifs is 1. The molecule has 0 spiro atoms. The number of nitro groups is 1. The van der Waals surface area contributed by atoms with Gasteiger partial charge in [0.2, 0.25) is 0 Å². The Morgan fingerprint density at radius 1 is 1.41 bits per heavy atom. The van der Waals surface area contributed by atoms with E-state index in [9.17, 15) is 24.5 Å². The summed E-state index contributed by atoms with van der Waals surface area (Å²) in [5.74, 6) is -1.25. The smallest absolute Gasteiger partial charge is 0.320 e. The van der Waals surface area contributed by atoms with Gasteiger partial charge in [0, 0.05) is 26.6 Å². The highest BCUT2D eigenvalue weighted by atomic mass is 16.6. The molecule has 1 aromatic heterocycles. The van der Waals surface area contributed by atoms with E-state index in [0.717, 1.165) is 4.90 Å². The summed E-state index contributed by atoms with van der Waals surface area (Å²) < 4.78 is 5.37. The number of ether oxygens (including phenoxy) is 1. The lowest BCUT2D eigenvalue weighted by Crippen LogP contribution is -2.37. The molecule has 2 aromatic rings. The molecule has 3 N–H and O–H groups in total. The molecule has 0 saturated carbocycles. The number of carboxylic acid groups (broad SMARTS) is 1. The van der Waals surface area contributed by atoms with E-state index in [1.165, 1.54) is 37.9 Å². The molecule has 1 aromatic carbocycles. The zero-order chi connectivity index (χ0) is 20.7. The lowest BCUT2D eigenvalue weighted by molar-refractivity contribution is -0.383. The average Bonchev–Trinajstić information content (AvgIpc) is 2.92. The highest BCUT2D eigenvalue weighted by Crippen LogP contribution is 2.32. The van der Waals surface area contributed by atoms with Crippen LogP contribution in [0, 0.1) is 10.1 Å². The molecule has 0 aliphatic rings. The first-order valence-electron chi connectivity index (χ1n) is 7.53. The molecule has 0 aliphatic carbocycles. The van der Waals surface area contributed by atoms with Crippen LogP contribution in [0.3, 0.4) is 0 Å². The Labute approximate surface area is 153 Å². The number of benzene rings is 1. The van der Waals surface area contributed by atoms with Crippen molar-refractivity contribution >= 4 is 40.4 Å². The third-order valence-corrected chi connectivity index (χ3v) is 3.38. The molecule has 0 saturated heterocycles. The van der Waals surface area contributed by atoms with Crippen LogP contribution in [0.25, 0.3) is 10.9 Å². The van der Waals surface area contributed by atoms with Crippen LogP contribution in [0.5, 0.6) is 0 Å². The van der Waals surface area contributed by atoms with Crippen LogP contribution in [0.1, 0.15) is 13.3 Å². The zero-order valence-corrected chi connectivity index (χ0v) is 14.9. The van der Waals surface area contributed by atoms with E-state index in [1.807, 2.05) is 0 Å². The molecule has 0 bridgehead atoms. The Morgan fingerprint density at radius 3 is 2.44 bits per heavy atom. The van der Waals surface area contributed by atoms with Gasteiger partial charge in [-0.25, -0.2) is 4.79 Å². The van der Waals surface area contributed by atoms with Gasteiger partial charge in [-0.05, 0) is 6.07 Å². The minimum absolute atomic E-state index is 0.0925. The second-order valence-electron chi connectivity index (χ2n) is 5.21. The summed E-state index contributed by atoms with van der Waals surface area (Å²) in [7, 11) is 2.84. The number of aromatic nitrogens is 2. The molecule has 0 aliphatic heterocycles. The largest absolute Gasteiger partial charge is 0.481 e. The highest BCUT2D eigenvalue weighted by Gasteiger charge is 2.24. The van der Waals surface area contributed by atoms with Gasteiger partial charge >= 0.3 is 18.0 Å². The predicted octanol–water partition coefficient (Wildman–Crippen LogP) is 1.02. The number of carboxylic acids is 1. The van der Waals surface area contributed by atoms with Gasteiger partial charge in [-0.15, -0.1) is 0 Å². The number of aryl methyl sites for hydroxylation is 1. The van der Waals surface area contributed by atoms with Gasteiger partial charge in [-0.2, -0.15) is 5.10 Å². The number of urea groups is 1. The van der Waals surface area contributed by atoms with E-state index in [-0.39, 0.29) is 36.0 Å². The molecule has 12 heteroatoms. The van der Waals surface area contributed by atoms with Gasteiger partial charge in [0.15, 0.2) is 5.82 Å². The van der Waals surface area contributed by atoms with Crippen molar-refractivity contribution in [2.75, 3.05) is 18.6 Å². The van der Waals surface area contributed by atoms with E-state index in [4.69, 9.17) is 10.8 Å². The number of anilines is 1. The fourth-order valence-corrected chi connectivity index (χ4v) is 2.17. The van der Waals surface area contributed by atoms with Gasteiger partial charge in [0.05, 0.1) is 23.8 Å². The SMILES string of the molecule is COC(C)=O.Cn1nc(N(CCC(=O)O)C(N)=O)c2cccc([N+](=O)[O-])c21. The number of nitrogens with two attached hydrogens (primary N) is 1. The molecule has 0 unspecified atom stereocenters. The van der Waals surface area contributed by atoms with Gasteiger partial charge < -0.3 is 15.6 Å². The van der Waals surface area contributed by atoms with E-state index in [0.29, 0.717) is 5.39 Å². The van der Waals surface area contributed by atoms with Gasteiger partial charge in [0.1, 0.15) is 5.52 Å². The summed E-state index contributed by atoms with van der Waals surface area (Å²) in [6.45, 7) is 1.18. The summed E-state index contributed by atoms with van der Waals surface area (Å²) in [6.07, 6.45) is -0.323. The molecule has 2 rings (SSSR count). The van der Waals surface area contributed by atoms with E-state index in [1.54, 1.807) is 6.07 Å². The first-order chi connectivity index (χ1) is 12.6. The Hall–Kier alpha value is -3.70. The standard InChI is InChI=1S/C12H13N5O5.C3H6O2/c1-15-10-7(3-2-4-8(10)17(21)22)11(14-15)16(12(13)20)6-5-9(18)19;1-3(4)5-2/h2-4H,5-6H2,1H3,(H2,13,20)(H,18,19);1-2H3. The number of nitro benzene ring substituents is 1. The maximum Gasteiger partial charge on any atom is 0.320 e. The maximum absolute atomic E-state index is 11.6. The second-order valence-corrected chi connectivity index (χ2v) is 5.21. The Kier molecular flexibility index (Phi) is 7.21. The van der Waals surface area contributed by atoms with E-state index in [2.05, 4.69) is 9.84 Å². The molecule has 0 atom stereocenters. The molecule has 0 radical (unpaired) electrons. The number of amides is 2. The number of esters is 1. The first-order valence-corrected chi connectivity index (χ1v) is 7.53. The summed E-state index contributed by atoms with van der Waals surface area (Å²) in [5.41, 5.74) is 5.32. The molecule has 2 amide bonds. The number of non-ortho nitro benzene ring substituents is 1. The van der Waals surface area contributed by atoms with Crippen molar-refractivity contribution in [2.45, 2.75) is 13.3 Å². The number of hydrogen-bond donors (Lipinski definition) is 2. The van der Waals surface area contributed by atoms with Crippen LogP contribution in [0.15, 0.2) is 18.2 Å². The number of para-hydroxylation sites is 1. The highest BCUT2D eigenvalue weighted by molar-refractivity contribution is 6.03. The number of carbonyl (C=O) groups excluding carboxylic acids is 2. The summed E-state index contributed by atoms with van der Waals surface area (Å²) in [4.78, 5) is 43.3.